The molecule has 0 aromatic carbocycles. The van der Waals surface area contributed by atoms with Crippen LogP contribution in [-0.2, 0) is 23.9 Å². The molecule has 47 heavy (non-hydrogen) atoms. The number of carbonyl (C=O) groups excluding carboxylic acids is 1. The standard InChI is InChI=1S/2C15H28N4O4.Gd/c20-14-23-13-19-10-6-16-2-1-3-17(7-11-19)5-9-18(8-4-16)12-15(21)22;20-14(21)12-18-8-4-16-2-1-3-17(6-10-18)7-11-19(9-5-16)13-15(22)23;/h14H,1-13H2,(H,21,22);1-13H2,(H,20,21)(H,22,23);. The summed E-state index contributed by atoms with van der Waals surface area (Å²) in [5.41, 5.74) is 0. The van der Waals surface area contributed by atoms with Crippen molar-refractivity contribution in [1.82, 2.24) is 39.2 Å². The first kappa shape index (κ1) is 42.1. The third-order valence-corrected chi connectivity index (χ3v) is 9.16. The van der Waals surface area contributed by atoms with E-state index in [0.717, 1.165) is 144 Å². The molecule has 2 unspecified atom stereocenters. The van der Waals surface area contributed by atoms with Gasteiger partial charge in [-0.25, -0.2) is 0 Å². The van der Waals surface area contributed by atoms with Gasteiger partial charge in [0.2, 0.25) is 0 Å². The third kappa shape index (κ3) is 18.5. The molecule has 0 aromatic rings. The van der Waals surface area contributed by atoms with E-state index in [1.807, 2.05) is 14.7 Å². The van der Waals surface area contributed by atoms with Gasteiger partial charge in [0, 0.05) is 145 Å². The van der Waals surface area contributed by atoms with Gasteiger partial charge in [-0.2, -0.15) is 0 Å². The molecular weight excluding hydrogens is 758 g/mol. The summed E-state index contributed by atoms with van der Waals surface area (Å²) in [6, 6.07) is 0. The summed E-state index contributed by atoms with van der Waals surface area (Å²) in [6.07, 6.45) is 2.25. The van der Waals surface area contributed by atoms with Crippen molar-refractivity contribution in [1.29, 1.82) is 0 Å². The summed E-state index contributed by atoms with van der Waals surface area (Å²) in [6.45, 7) is 18.4. The van der Waals surface area contributed by atoms with Crippen LogP contribution in [0.2, 0.25) is 0 Å². The Morgan fingerprint density at radius 3 is 0.936 bits per heavy atom. The zero-order chi connectivity index (χ0) is 33.1. The summed E-state index contributed by atoms with van der Waals surface area (Å²) < 4.78 is 4.92. The minimum atomic E-state index is -0.778. The molecule has 4 fully saturated rings. The molecule has 4 aliphatic heterocycles. The van der Waals surface area contributed by atoms with Gasteiger partial charge in [0.15, 0.2) is 0 Å². The normalized spacial score (nSPS) is 27.8. The van der Waals surface area contributed by atoms with Crippen molar-refractivity contribution in [3.8, 4) is 0 Å². The van der Waals surface area contributed by atoms with E-state index in [2.05, 4.69) is 24.5 Å². The minimum Gasteiger partial charge on any atom is -0.480 e. The summed E-state index contributed by atoms with van der Waals surface area (Å²) in [5, 5.41) is 27.1. The van der Waals surface area contributed by atoms with E-state index in [0.29, 0.717) is 13.2 Å². The van der Waals surface area contributed by atoms with Crippen molar-refractivity contribution in [3.05, 3.63) is 0 Å². The molecule has 0 aromatic heterocycles. The monoisotopic (exact) mass is 814 g/mol. The van der Waals surface area contributed by atoms with Crippen LogP contribution in [0.25, 0.3) is 0 Å². The number of carboxylic acid groups (broad SMARTS) is 3. The van der Waals surface area contributed by atoms with Gasteiger partial charge >= 0.3 is 17.9 Å². The Bertz CT molecular complexity index is 868. The smallest absolute Gasteiger partial charge is 0.317 e. The van der Waals surface area contributed by atoms with Crippen LogP contribution >= 0.6 is 0 Å². The number of carboxylic acids is 3. The van der Waals surface area contributed by atoms with Crippen molar-refractivity contribution in [2.75, 3.05) is 157 Å². The third-order valence-electron chi connectivity index (χ3n) is 9.16. The van der Waals surface area contributed by atoms with Crippen molar-refractivity contribution in [3.63, 3.8) is 0 Å². The van der Waals surface area contributed by atoms with E-state index in [9.17, 15) is 19.2 Å². The van der Waals surface area contributed by atoms with Crippen LogP contribution in [0.4, 0.5) is 0 Å². The van der Waals surface area contributed by atoms with Gasteiger partial charge in [0.1, 0.15) is 6.73 Å². The number of aliphatic carboxylic acids is 3. The Hall–Kier alpha value is -1.12. The Balaban J connectivity index is 0.000000320. The average molecular weight is 814 g/mol. The molecule has 4 aliphatic rings. The predicted octanol–water partition coefficient (Wildman–Crippen LogP) is -2.39. The molecule has 4 bridgehead atoms. The summed E-state index contributed by atoms with van der Waals surface area (Å²) >= 11 is 0. The number of nitrogens with zero attached hydrogens (tertiary/aromatic N) is 8. The van der Waals surface area contributed by atoms with Gasteiger partial charge in [0.25, 0.3) is 6.47 Å². The largest absolute Gasteiger partial charge is 0.480 e. The van der Waals surface area contributed by atoms with Gasteiger partial charge in [-0.3, -0.25) is 38.8 Å². The van der Waals surface area contributed by atoms with Crippen molar-refractivity contribution in [2.24, 2.45) is 0 Å². The maximum atomic E-state index is 11.0. The first-order valence-electron chi connectivity index (χ1n) is 16.7. The van der Waals surface area contributed by atoms with E-state index in [1.165, 1.54) is 0 Å². The zero-order valence-electron chi connectivity index (χ0n) is 27.8. The van der Waals surface area contributed by atoms with Crippen molar-refractivity contribution in [2.45, 2.75) is 12.8 Å². The van der Waals surface area contributed by atoms with Crippen LogP contribution in [0, 0.1) is 39.9 Å². The molecule has 0 saturated carbocycles. The van der Waals surface area contributed by atoms with Gasteiger partial charge < -0.3 is 39.7 Å². The minimum absolute atomic E-state index is 0. The second-order valence-electron chi connectivity index (χ2n) is 12.6. The summed E-state index contributed by atoms with van der Waals surface area (Å²) in [5.74, 6) is -2.32. The second kappa shape index (κ2) is 24.1. The predicted molar refractivity (Wildman–Crippen MR) is 171 cm³/mol. The van der Waals surface area contributed by atoms with Gasteiger partial charge in [0.05, 0.1) is 19.6 Å². The molecule has 4 heterocycles. The number of ether oxygens (including phenoxy) is 1. The fourth-order valence-corrected chi connectivity index (χ4v) is 6.40. The topological polar surface area (TPSA) is 164 Å². The second-order valence-corrected chi connectivity index (χ2v) is 12.6. The fourth-order valence-electron chi connectivity index (χ4n) is 6.40. The van der Waals surface area contributed by atoms with Crippen molar-refractivity contribution >= 4 is 24.4 Å². The number of hydrogen-bond donors (Lipinski definition) is 3. The van der Waals surface area contributed by atoms with Crippen molar-refractivity contribution < 1.29 is 79.2 Å². The molecule has 4 saturated heterocycles. The van der Waals surface area contributed by atoms with E-state index in [1.54, 1.807) is 0 Å². The summed E-state index contributed by atoms with van der Waals surface area (Å²) in [4.78, 5) is 61.1. The Morgan fingerprint density at radius 2 is 0.702 bits per heavy atom. The fraction of sp³-hybridized carbons (Fsp3) is 0.867. The molecular formula is C30H56GdN8O8. The van der Waals surface area contributed by atoms with E-state index < -0.39 is 17.9 Å². The number of carbonyl (C=O) groups is 4. The van der Waals surface area contributed by atoms with Crippen LogP contribution in [0.5, 0.6) is 0 Å². The Kier molecular flexibility index (Phi) is 21.6. The van der Waals surface area contributed by atoms with Crippen LogP contribution < -0.4 is 0 Å². The number of rotatable bonds is 9. The maximum absolute atomic E-state index is 11.0. The Morgan fingerprint density at radius 1 is 0.447 bits per heavy atom. The molecule has 16 nitrogen and oxygen atoms in total. The molecule has 4 rings (SSSR count). The molecule has 0 aliphatic carbocycles. The SMILES string of the molecule is O=C(O)CN1CCN2CCCN(CC1)CCN(CC(=O)O)CC2.O=COCN1CCN2CCCN(CC1)CCN(CC(=O)O)CC2.[Gd]. The summed E-state index contributed by atoms with van der Waals surface area (Å²) in [7, 11) is 0. The van der Waals surface area contributed by atoms with Gasteiger partial charge in [-0.15, -0.1) is 0 Å². The van der Waals surface area contributed by atoms with Crippen LogP contribution in [0.15, 0.2) is 0 Å². The van der Waals surface area contributed by atoms with Crippen LogP contribution in [0.3, 0.4) is 0 Å². The van der Waals surface area contributed by atoms with E-state index in [4.69, 9.17) is 20.1 Å². The number of hydrogen-bond acceptors (Lipinski definition) is 13. The molecule has 3 N–H and O–H groups in total. The van der Waals surface area contributed by atoms with Gasteiger partial charge in [-0.1, -0.05) is 0 Å². The van der Waals surface area contributed by atoms with E-state index in [-0.39, 0.29) is 59.6 Å². The molecule has 0 spiro atoms. The first-order chi connectivity index (χ1) is 22.2. The molecule has 272 valence electrons. The quantitative estimate of drug-likeness (QED) is 0.211. The molecule has 2 atom stereocenters. The van der Waals surface area contributed by atoms with Crippen LogP contribution in [-0.4, -0.2) is 236 Å². The average Bonchev–Trinajstić information content (AvgIpc) is 3.01. The first-order valence-corrected chi connectivity index (χ1v) is 16.7. The maximum Gasteiger partial charge on any atom is 0.317 e. The van der Waals surface area contributed by atoms with E-state index >= 15 is 0 Å². The Labute approximate surface area is 311 Å². The molecule has 0 radical (unpaired) electrons. The van der Waals surface area contributed by atoms with Gasteiger partial charge in [-0.05, 0) is 39.0 Å². The van der Waals surface area contributed by atoms with Crippen LogP contribution in [0.1, 0.15) is 12.8 Å². The molecule has 0 amide bonds. The zero-order valence-corrected chi connectivity index (χ0v) is 30.0. The molecule has 17 heteroatoms. The number of fused-ring (bicyclic) bond motifs is 8.